The van der Waals surface area contributed by atoms with Crippen LogP contribution in [0.15, 0.2) is 42.6 Å². The lowest BCUT2D eigenvalue weighted by Crippen LogP contribution is -2.06. The molecule has 1 heterocycles. The molecule has 1 aliphatic carbocycles. The van der Waals surface area contributed by atoms with Gasteiger partial charge in [0.05, 0.1) is 0 Å². The van der Waals surface area contributed by atoms with Gasteiger partial charge < -0.3 is 5.11 Å². The summed E-state index contributed by atoms with van der Waals surface area (Å²) in [5.41, 5.74) is 3.35. The number of ketones is 1. The second-order valence-corrected chi connectivity index (χ2v) is 5.32. The van der Waals surface area contributed by atoms with Crippen LogP contribution in [0.3, 0.4) is 0 Å². The van der Waals surface area contributed by atoms with Gasteiger partial charge in [0.15, 0.2) is 5.78 Å². The van der Waals surface area contributed by atoms with Crippen molar-refractivity contribution in [3.63, 3.8) is 0 Å². The predicted molar refractivity (Wildman–Crippen MR) is 78.2 cm³/mol. The van der Waals surface area contributed by atoms with Crippen molar-refractivity contribution in [3.8, 4) is 11.1 Å². The third-order valence-electron chi connectivity index (χ3n) is 3.61. The summed E-state index contributed by atoms with van der Waals surface area (Å²) < 4.78 is 0. The molecule has 0 aliphatic heterocycles. The number of carbonyl (C=O) groups is 2. The van der Waals surface area contributed by atoms with Crippen molar-refractivity contribution in [2.24, 2.45) is 0 Å². The molecule has 0 amide bonds. The lowest BCUT2D eigenvalue weighted by molar-refractivity contribution is -0.135. The van der Waals surface area contributed by atoms with Crippen molar-refractivity contribution in [3.05, 3.63) is 53.9 Å². The van der Waals surface area contributed by atoms with E-state index >= 15 is 0 Å². The number of pyridine rings is 1. The molecule has 4 heteroatoms. The van der Waals surface area contributed by atoms with Crippen LogP contribution in [-0.4, -0.2) is 21.8 Å². The third kappa shape index (κ3) is 3.16. The third-order valence-corrected chi connectivity index (χ3v) is 3.61. The number of carbonyl (C=O) groups excluding carboxylic acids is 1. The highest BCUT2D eigenvalue weighted by Crippen LogP contribution is 2.39. The fraction of sp³-hybridized carbons (Fsp3) is 0.235. The minimum absolute atomic E-state index is 0.382. The number of carboxylic acid groups (broad SMARTS) is 1. The van der Waals surface area contributed by atoms with Gasteiger partial charge in [-0.2, -0.15) is 0 Å². The van der Waals surface area contributed by atoms with Gasteiger partial charge in [0.2, 0.25) is 0 Å². The predicted octanol–water partition coefficient (Wildman–Crippen LogP) is 3.28. The first-order valence-electron chi connectivity index (χ1n) is 6.95. The Hall–Kier alpha value is -2.49. The maximum absolute atomic E-state index is 11.8. The van der Waals surface area contributed by atoms with E-state index in [1.165, 1.54) is 12.8 Å². The lowest BCUT2D eigenvalue weighted by Gasteiger charge is -2.05. The van der Waals surface area contributed by atoms with Crippen LogP contribution < -0.4 is 0 Å². The van der Waals surface area contributed by atoms with Crippen LogP contribution in [0.5, 0.6) is 0 Å². The summed E-state index contributed by atoms with van der Waals surface area (Å²) in [6.45, 7) is 0. The minimum atomic E-state index is -1.11. The van der Waals surface area contributed by atoms with E-state index in [2.05, 4.69) is 4.98 Å². The van der Waals surface area contributed by atoms with E-state index in [1.54, 1.807) is 18.2 Å². The fourth-order valence-electron chi connectivity index (χ4n) is 2.31. The Kier molecular flexibility index (Phi) is 3.52. The summed E-state index contributed by atoms with van der Waals surface area (Å²) in [5.74, 6) is -0.879. The maximum atomic E-state index is 11.8. The zero-order chi connectivity index (χ0) is 14.8. The first kappa shape index (κ1) is 13.5. The van der Waals surface area contributed by atoms with Crippen LogP contribution in [0.2, 0.25) is 0 Å². The van der Waals surface area contributed by atoms with Crippen molar-refractivity contribution >= 4 is 11.8 Å². The van der Waals surface area contributed by atoms with Crippen LogP contribution in [0.4, 0.5) is 0 Å². The van der Waals surface area contributed by atoms with Crippen molar-refractivity contribution in [2.75, 3.05) is 0 Å². The van der Waals surface area contributed by atoms with Crippen LogP contribution in [0.25, 0.3) is 11.1 Å². The molecule has 1 aromatic heterocycles. The first-order valence-corrected chi connectivity index (χ1v) is 6.95. The Morgan fingerprint density at radius 3 is 2.57 bits per heavy atom. The molecule has 3 rings (SSSR count). The van der Waals surface area contributed by atoms with Gasteiger partial charge in [-0.25, -0.2) is 0 Å². The summed E-state index contributed by atoms with van der Waals surface area (Å²) in [4.78, 5) is 26.9. The summed E-state index contributed by atoms with van der Waals surface area (Å²) in [5, 5.41) is 8.69. The number of hydrogen-bond acceptors (Lipinski definition) is 3. The average molecular weight is 281 g/mol. The van der Waals surface area contributed by atoms with E-state index in [0.717, 1.165) is 16.8 Å². The SMILES string of the molecule is O=C(O)CC(=O)c1cccc(-c2ccc(C3CC3)nc2)c1. The van der Waals surface area contributed by atoms with Gasteiger partial charge in [0.25, 0.3) is 0 Å². The molecule has 1 fully saturated rings. The molecule has 0 spiro atoms. The van der Waals surface area contributed by atoms with E-state index in [-0.39, 0.29) is 5.78 Å². The Morgan fingerprint density at radius 1 is 1.14 bits per heavy atom. The van der Waals surface area contributed by atoms with Crippen LogP contribution in [-0.2, 0) is 4.79 Å². The highest BCUT2D eigenvalue weighted by atomic mass is 16.4. The normalized spacial score (nSPS) is 13.9. The molecular formula is C17H15NO3. The Labute approximate surface area is 122 Å². The molecule has 4 nitrogen and oxygen atoms in total. The van der Waals surface area contributed by atoms with Crippen LogP contribution in [0, 0.1) is 0 Å². The van der Waals surface area contributed by atoms with Crippen molar-refractivity contribution < 1.29 is 14.7 Å². The summed E-state index contributed by atoms with van der Waals surface area (Å²) >= 11 is 0. The Balaban J connectivity index is 1.84. The van der Waals surface area contributed by atoms with Crippen molar-refractivity contribution in [1.29, 1.82) is 0 Å². The summed E-state index contributed by atoms with van der Waals surface area (Å²) in [6, 6.07) is 11.0. The smallest absolute Gasteiger partial charge is 0.311 e. The fourth-order valence-corrected chi connectivity index (χ4v) is 2.31. The average Bonchev–Trinajstić information content (AvgIpc) is 3.32. The highest BCUT2D eigenvalue weighted by molar-refractivity contribution is 6.06. The van der Waals surface area contributed by atoms with Gasteiger partial charge in [-0.05, 0) is 30.5 Å². The molecule has 0 atom stereocenters. The maximum Gasteiger partial charge on any atom is 0.311 e. The van der Waals surface area contributed by atoms with Gasteiger partial charge in [-0.15, -0.1) is 0 Å². The topological polar surface area (TPSA) is 67.3 Å². The summed E-state index contributed by atoms with van der Waals surface area (Å²) in [6.07, 6.45) is 3.76. The quantitative estimate of drug-likeness (QED) is 0.674. The first-order chi connectivity index (χ1) is 10.1. The summed E-state index contributed by atoms with van der Waals surface area (Å²) in [7, 11) is 0. The molecule has 2 aromatic rings. The number of carboxylic acids is 1. The molecule has 1 N–H and O–H groups in total. The van der Waals surface area contributed by atoms with E-state index in [4.69, 9.17) is 5.11 Å². The molecular weight excluding hydrogens is 266 g/mol. The molecule has 21 heavy (non-hydrogen) atoms. The molecule has 1 aliphatic rings. The molecule has 0 saturated heterocycles. The van der Waals surface area contributed by atoms with Gasteiger partial charge >= 0.3 is 5.97 Å². The number of Topliss-reactive ketones (excluding diaryl/α,β-unsaturated/α-hetero) is 1. The number of nitrogens with zero attached hydrogens (tertiary/aromatic N) is 1. The van der Waals surface area contributed by atoms with Crippen molar-refractivity contribution in [1.82, 2.24) is 4.98 Å². The number of hydrogen-bond donors (Lipinski definition) is 1. The standard InChI is InChI=1S/C17H15NO3/c19-16(9-17(20)21)13-3-1-2-12(8-13)14-6-7-15(18-10-14)11-4-5-11/h1-3,6-8,10-11H,4-5,9H2,(H,20,21). The van der Waals surface area contributed by atoms with Gasteiger partial charge in [0.1, 0.15) is 6.42 Å². The monoisotopic (exact) mass is 281 g/mol. The van der Waals surface area contributed by atoms with Gasteiger partial charge in [-0.1, -0.05) is 24.3 Å². The lowest BCUT2D eigenvalue weighted by atomic mass is 10.0. The van der Waals surface area contributed by atoms with Crippen LogP contribution in [0.1, 0.15) is 41.2 Å². The van der Waals surface area contributed by atoms with E-state index in [9.17, 15) is 9.59 Å². The second kappa shape index (κ2) is 5.48. The number of benzene rings is 1. The molecule has 0 bridgehead atoms. The second-order valence-electron chi connectivity index (χ2n) is 5.32. The zero-order valence-corrected chi connectivity index (χ0v) is 11.5. The molecule has 1 saturated carbocycles. The van der Waals surface area contributed by atoms with Crippen molar-refractivity contribution in [2.45, 2.75) is 25.2 Å². The highest BCUT2D eigenvalue weighted by Gasteiger charge is 2.24. The number of aromatic nitrogens is 1. The van der Waals surface area contributed by atoms with E-state index < -0.39 is 12.4 Å². The number of aliphatic carboxylic acids is 1. The zero-order valence-electron chi connectivity index (χ0n) is 11.5. The Morgan fingerprint density at radius 2 is 1.95 bits per heavy atom. The van der Waals surface area contributed by atoms with E-state index in [1.807, 2.05) is 24.4 Å². The number of rotatable bonds is 5. The van der Waals surface area contributed by atoms with Gasteiger partial charge in [-0.3, -0.25) is 14.6 Å². The largest absolute Gasteiger partial charge is 0.481 e. The molecule has 106 valence electrons. The molecule has 0 unspecified atom stereocenters. The van der Waals surface area contributed by atoms with Gasteiger partial charge in [0, 0.05) is 28.9 Å². The minimum Gasteiger partial charge on any atom is -0.481 e. The van der Waals surface area contributed by atoms with E-state index in [0.29, 0.717) is 11.5 Å². The Bertz CT molecular complexity index is 687. The van der Waals surface area contributed by atoms with Crippen LogP contribution >= 0.6 is 0 Å². The molecule has 0 radical (unpaired) electrons. The molecule has 1 aromatic carbocycles.